The van der Waals surface area contributed by atoms with E-state index in [2.05, 4.69) is 26.6 Å². The molecule has 0 saturated heterocycles. The molecule has 2 N–H and O–H groups in total. The maximum absolute atomic E-state index is 11.2. The molecule has 86 valence electrons. The summed E-state index contributed by atoms with van der Waals surface area (Å²) in [5, 5.41) is 22.3. The van der Waals surface area contributed by atoms with Gasteiger partial charge in [0, 0.05) is 10.2 Å². The van der Waals surface area contributed by atoms with Crippen LogP contribution in [0.5, 0.6) is 0 Å². The predicted octanol–water partition coefficient (Wildman–Crippen LogP) is 1.37. The van der Waals surface area contributed by atoms with E-state index < -0.39 is 0 Å². The molecule has 0 aliphatic rings. The lowest BCUT2D eigenvalue weighted by Gasteiger charge is -2.08. The Kier molecular flexibility index (Phi) is 4.99. The maximum Gasteiger partial charge on any atom is 0.240 e. The van der Waals surface area contributed by atoms with Crippen LogP contribution in [-0.2, 0) is 4.79 Å². The first-order chi connectivity index (χ1) is 8.17. The first kappa shape index (κ1) is 13.0. The van der Waals surface area contributed by atoms with Gasteiger partial charge in [-0.3, -0.25) is 4.79 Å². The van der Waals surface area contributed by atoms with Crippen molar-refractivity contribution >= 4 is 27.5 Å². The van der Waals surface area contributed by atoms with Gasteiger partial charge in [-0.1, -0.05) is 0 Å². The highest BCUT2D eigenvalue weighted by Crippen LogP contribution is 2.22. The predicted molar refractivity (Wildman–Crippen MR) is 66.0 cm³/mol. The van der Waals surface area contributed by atoms with Gasteiger partial charge >= 0.3 is 0 Å². The summed E-state index contributed by atoms with van der Waals surface area (Å²) in [7, 11) is 0. The van der Waals surface area contributed by atoms with Gasteiger partial charge < -0.3 is 10.6 Å². The molecule has 0 atom stereocenters. The molecule has 0 saturated carbocycles. The third-order valence-corrected chi connectivity index (χ3v) is 2.56. The Morgan fingerprint density at radius 3 is 2.76 bits per heavy atom. The lowest BCUT2D eigenvalue weighted by Crippen LogP contribution is -2.30. The van der Waals surface area contributed by atoms with Crippen LogP contribution in [0.1, 0.15) is 5.56 Å². The van der Waals surface area contributed by atoms with Crippen LogP contribution in [0.3, 0.4) is 0 Å². The Bertz CT molecular complexity index is 501. The van der Waals surface area contributed by atoms with Crippen molar-refractivity contribution in [3.8, 4) is 12.1 Å². The second-order valence-corrected chi connectivity index (χ2v) is 3.95. The Labute approximate surface area is 107 Å². The highest BCUT2D eigenvalue weighted by molar-refractivity contribution is 9.10. The highest BCUT2D eigenvalue weighted by atomic mass is 79.9. The number of hydrogen-bond acceptors (Lipinski definition) is 4. The lowest BCUT2D eigenvalue weighted by atomic mass is 10.2. The first-order valence-corrected chi connectivity index (χ1v) is 5.54. The van der Waals surface area contributed by atoms with Crippen molar-refractivity contribution in [1.29, 1.82) is 10.5 Å². The third-order valence-electron chi connectivity index (χ3n) is 1.90. The molecule has 0 fully saturated rings. The topological polar surface area (TPSA) is 88.7 Å². The summed E-state index contributed by atoms with van der Waals surface area (Å²) in [4.78, 5) is 11.2. The first-order valence-electron chi connectivity index (χ1n) is 4.74. The van der Waals surface area contributed by atoms with Crippen molar-refractivity contribution in [2.75, 3.05) is 18.4 Å². The summed E-state index contributed by atoms with van der Waals surface area (Å²) in [6.07, 6.45) is 0. The van der Waals surface area contributed by atoms with Gasteiger partial charge in [-0.05, 0) is 34.1 Å². The summed E-state index contributed by atoms with van der Waals surface area (Å²) in [6, 6.07) is 8.86. The molecule has 0 aliphatic heterocycles. The Morgan fingerprint density at radius 1 is 1.41 bits per heavy atom. The Morgan fingerprint density at radius 2 is 2.18 bits per heavy atom. The molecule has 17 heavy (non-hydrogen) atoms. The number of anilines is 1. The van der Waals surface area contributed by atoms with Crippen LogP contribution in [-0.4, -0.2) is 19.0 Å². The molecule has 1 aromatic carbocycles. The molecule has 0 unspecified atom stereocenters. The Balaban J connectivity index is 2.56. The molecule has 1 amide bonds. The van der Waals surface area contributed by atoms with Gasteiger partial charge in [0.1, 0.15) is 6.54 Å². The second kappa shape index (κ2) is 6.51. The number of amides is 1. The van der Waals surface area contributed by atoms with Crippen molar-refractivity contribution < 1.29 is 4.79 Å². The molecular weight excluding hydrogens is 284 g/mol. The fourth-order valence-corrected chi connectivity index (χ4v) is 1.62. The van der Waals surface area contributed by atoms with Crippen molar-refractivity contribution in [1.82, 2.24) is 5.32 Å². The zero-order chi connectivity index (χ0) is 12.7. The average Bonchev–Trinajstić information content (AvgIpc) is 2.34. The normalized spacial score (nSPS) is 8.88. The summed E-state index contributed by atoms with van der Waals surface area (Å²) < 4.78 is 0.713. The number of hydrogen-bond donors (Lipinski definition) is 2. The van der Waals surface area contributed by atoms with E-state index in [1.165, 1.54) is 0 Å². The van der Waals surface area contributed by atoms with E-state index in [1.54, 1.807) is 18.2 Å². The summed E-state index contributed by atoms with van der Waals surface area (Å²) in [6.45, 7) is 0.0707. The fourth-order valence-electron chi connectivity index (χ4n) is 1.10. The third kappa shape index (κ3) is 4.13. The maximum atomic E-state index is 11.2. The molecule has 0 heterocycles. The van der Waals surface area contributed by atoms with Crippen LogP contribution in [0.2, 0.25) is 0 Å². The summed E-state index contributed by atoms with van der Waals surface area (Å²) >= 11 is 3.29. The van der Waals surface area contributed by atoms with Gasteiger partial charge in [0.05, 0.1) is 24.2 Å². The molecule has 0 bridgehead atoms. The molecule has 0 spiro atoms. The standard InChI is InChI=1S/C11H9BrN4O/c12-9-5-8(6-14)1-2-10(9)16-7-11(17)15-4-3-13/h1-2,5,16H,4,7H2,(H,15,17). The van der Waals surface area contributed by atoms with Crippen LogP contribution in [0.15, 0.2) is 22.7 Å². The molecule has 0 aliphatic carbocycles. The van der Waals surface area contributed by atoms with Crippen LogP contribution in [0.25, 0.3) is 0 Å². The number of nitrogens with zero attached hydrogens (tertiary/aromatic N) is 2. The van der Waals surface area contributed by atoms with E-state index in [0.717, 1.165) is 5.69 Å². The minimum Gasteiger partial charge on any atom is -0.375 e. The SMILES string of the molecule is N#CCNC(=O)CNc1ccc(C#N)cc1Br. The van der Waals surface area contributed by atoms with Crippen molar-refractivity contribution in [2.24, 2.45) is 0 Å². The van der Waals surface area contributed by atoms with Crippen molar-refractivity contribution in [3.63, 3.8) is 0 Å². The van der Waals surface area contributed by atoms with Gasteiger partial charge in [-0.25, -0.2) is 0 Å². The average molecular weight is 293 g/mol. The van der Waals surface area contributed by atoms with Gasteiger partial charge in [-0.2, -0.15) is 10.5 Å². The van der Waals surface area contributed by atoms with E-state index in [0.29, 0.717) is 10.0 Å². The second-order valence-electron chi connectivity index (χ2n) is 3.09. The summed E-state index contributed by atoms with van der Waals surface area (Å²) in [5.74, 6) is -0.261. The van der Waals surface area contributed by atoms with E-state index in [1.807, 2.05) is 12.1 Å². The number of halogens is 1. The van der Waals surface area contributed by atoms with E-state index >= 15 is 0 Å². The molecule has 1 rings (SSSR count). The van der Waals surface area contributed by atoms with Crippen LogP contribution in [0, 0.1) is 22.7 Å². The zero-order valence-electron chi connectivity index (χ0n) is 8.83. The fraction of sp³-hybridized carbons (Fsp3) is 0.182. The van der Waals surface area contributed by atoms with Gasteiger partial charge in [-0.15, -0.1) is 0 Å². The van der Waals surface area contributed by atoms with Crippen molar-refractivity contribution in [3.05, 3.63) is 28.2 Å². The number of carbonyl (C=O) groups excluding carboxylic acids is 1. The molecule has 0 aromatic heterocycles. The summed E-state index contributed by atoms with van der Waals surface area (Å²) in [5.41, 5.74) is 1.26. The van der Waals surface area contributed by atoms with E-state index in [9.17, 15) is 4.79 Å². The van der Waals surface area contributed by atoms with Crippen LogP contribution >= 0.6 is 15.9 Å². The van der Waals surface area contributed by atoms with E-state index in [4.69, 9.17) is 10.5 Å². The number of carbonyl (C=O) groups is 1. The monoisotopic (exact) mass is 292 g/mol. The van der Waals surface area contributed by atoms with Crippen LogP contribution in [0.4, 0.5) is 5.69 Å². The number of nitriles is 2. The molecule has 1 aromatic rings. The van der Waals surface area contributed by atoms with Gasteiger partial charge in [0.25, 0.3) is 0 Å². The van der Waals surface area contributed by atoms with E-state index in [-0.39, 0.29) is 19.0 Å². The molecule has 5 nitrogen and oxygen atoms in total. The molecular formula is C11H9BrN4O. The number of benzene rings is 1. The van der Waals surface area contributed by atoms with Gasteiger partial charge in [0.15, 0.2) is 0 Å². The number of nitrogens with one attached hydrogen (secondary N) is 2. The zero-order valence-corrected chi connectivity index (χ0v) is 10.4. The number of rotatable bonds is 4. The quantitative estimate of drug-likeness (QED) is 0.821. The molecule has 0 radical (unpaired) electrons. The van der Waals surface area contributed by atoms with Crippen LogP contribution < -0.4 is 10.6 Å². The molecule has 6 heteroatoms. The van der Waals surface area contributed by atoms with Crippen molar-refractivity contribution in [2.45, 2.75) is 0 Å². The van der Waals surface area contributed by atoms with Gasteiger partial charge in [0.2, 0.25) is 5.91 Å². The smallest absolute Gasteiger partial charge is 0.240 e. The largest absolute Gasteiger partial charge is 0.375 e. The minimum atomic E-state index is -0.261. The Hall–Kier alpha value is -2.05. The highest BCUT2D eigenvalue weighted by Gasteiger charge is 2.03. The lowest BCUT2D eigenvalue weighted by molar-refractivity contribution is -0.119. The minimum absolute atomic E-state index is 0.00491.